The summed E-state index contributed by atoms with van der Waals surface area (Å²) in [6.45, 7) is 1.68. The Labute approximate surface area is 120 Å². The van der Waals surface area contributed by atoms with E-state index in [-0.39, 0.29) is 0 Å². The summed E-state index contributed by atoms with van der Waals surface area (Å²) in [5, 5.41) is 0. The minimum absolute atomic E-state index is 0.814. The lowest BCUT2D eigenvalue weighted by molar-refractivity contribution is 0.316. The van der Waals surface area contributed by atoms with Crippen molar-refractivity contribution in [2.45, 2.75) is 13.1 Å². The number of hydrogen-bond donors (Lipinski definition) is 0. The molecule has 4 nitrogen and oxygen atoms in total. The predicted molar refractivity (Wildman–Crippen MR) is 79.0 cm³/mol. The van der Waals surface area contributed by atoms with Gasteiger partial charge in [-0.2, -0.15) is 0 Å². The molecule has 0 spiro atoms. The van der Waals surface area contributed by atoms with Crippen molar-refractivity contribution in [2.24, 2.45) is 0 Å². The fourth-order valence-electron chi connectivity index (χ4n) is 2.13. The van der Waals surface area contributed by atoms with Gasteiger partial charge in [0.1, 0.15) is 11.5 Å². The number of benzene rings is 1. The lowest BCUT2D eigenvalue weighted by Crippen LogP contribution is -2.17. The fraction of sp³-hybridized carbons (Fsp3) is 0.312. The van der Waals surface area contributed by atoms with E-state index < -0.39 is 0 Å². The van der Waals surface area contributed by atoms with Gasteiger partial charge in [-0.25, -0.2) is 0 Å². The zero-order valence-electron chi connectivity index (χ0n) is 12.2. The van der Waals surface area contributed by atoms with E-state index in [4.69, 9.17) is 9.47 Å². The van der Waals surface area contributed by atoms with Crippen LogP contribution < -0.4 is 9.47 Å². The van der Waals surface area contributed by atoms with Crippen LogP contribution in [0.4, 0.5) is 0 Å². The molecule has 106 valence electrons. The number of pyridine rings is 1. The molecular weight excluding hydrogens is 252 g/mol. The molecule has 1 aromatic carbocycles. The molecular formula is C16H20N2O2. The van der Waals surface area contributed by atoms with Gasteiger partial charge in [0.2, 0.25) is 0 Å². The maximum absolute atomic E-state index is 5.29. The molecule has 0 unspecified atom stereocenters. The van der Waals surface area contributed by atoms with Gasteiger partial charge in [-0.1, -0.05) is 6.07 Å². The van der Waals surface area contributed by atoms with Gasteiger partial charge in [-0.15, -0.1) is 0 Å². The number of aromatic nitrogens is 1. The molecule has 2 rings (SSSR count). The summed E-state index contributed by atoms with van der Waals surface area (Å²) in [5.41, 5.74) is 2.36. The van der Waals surface area contributed by atoms with Gasteiger partial charge in [-0.05, 0) is 36.4 Å². The van der Waals surface area contributed by atoms with Crippen molar-refractivity contribution < 1.29 is 9.47 Å². The minimum atomic E-state index is 0.814. The summed E-state index contributed by atoms with van der Waals surface area (Å²) >= 11 is 0. The summed E-state index contributed by atoms with van der Waals surface area (Å²) in [7, 11) is 5.41. The van der Waals surface area contributed by atoms with Crippen molar-refractivity contribution in [1.29, 1.82) is 0 Å². The highest BCUT2D eigenvalue weighted by atomic mass is 16.5. The standard InChI is InChI=1S/C16H20N2O2/c1-18(11-13-5-4-6-17-10-13)12-14-7-15(19-2)9-16(8-14)20-3/h4-10H,11-12H2,1-3H3. The van der Waals surface area contributed by atoms with E-state index in [1.165, 1.54) is 5.56 Å². The van der Waals surface area contributed by atoms with Gasteiger partial charge in [0.25, 0.3) is 0 Å². The molecule has 4 heteroatoms. The van der Waals surface area contributed by atoms with Crippen molar-refractivity contribution in [1.82, 2.24) is 9.88 Å². The Morgan fingerprint density at radius 1 is 1.00 bits per heavy atom. The van der Waals surface area contributed by atoms with Crippen LogP contribution in [0.1, 0.15) is 11.1 Å². The first-order valence-electron chi connectivity index (χ1n) is 6.50. The second-order valence-corrected chi connectivity index (χ2v) is 4.75. The number of rotatable bonds is 6. The lowest BCUT2D eigenvalue weighted by atomic mass is 10.1. The van der Waals surface area contributed by atoms with E-state index in [1.807, 2.05) is 30.5 Å². The molecule has 2 aromatic rings. The number of hydrogen-bond acceptors (Lipinski definition) is 4. The molecule has 1 aromatic heterocycles. The Morgan fingerprint density at radius 2 is 1.65 bits per heavy atom. The minimum Gasteiger partial charge on any atom is -0.497 e. The first-order chi connectivity index (χ1) is 9.71. The van der Waals surface area contributed by atoms with Crippen molar-refractivity contribution >= 4 is 0 Å². The summed E-state index contributed by atoms with van der Waals surface area (Å²) in [6.07, 6.45) is 3.68. The highest BCUT2D eigenvalue weighted by Gasteiger charge is 2.06. The number of methoxy groups -OCH3 is 2. The topological polar surface area (TPSA) is 34.6 Å². The number of nitrogens with zero attached hydrogens (tertiary/aromatic N) is 2. The Morgan fingerprint density at radius 3 is 2.20 bits per heavy atom. The molecule has 1 heterocycles. The molecule has 0 radical (unpaired) electrons. The van der Waals surface area contributed by atoms with Crippen LogP contribution >= 0.6 is 0 Å². The Balaban J connectivity index is 2.05. The Hall–Kier alpha value is -2.07. The predicted octanol–water partition coefficient (Wildman–Crippen LogP) is 2.73. The van der Waals surface area contributed by atoms with E-state index in [9.17, 15) is 0 Å². The average molecular weight is 272 g/mol. The molecule has 0 N–H and O–H groups in total. The van der Waals surface area contributed by atoms with Crippen molar-refractivity contribution in [3.8, 4) is 11.5 Å². The third-order valence-corrected chi connectivity index (χ3v) is 3.04. The summed E-state index contributed by atoms with van der Waals surface area (Å²) in [4.78, 5) is 6.36. The summed E-state index contributed by atoms with van der Waals surface area (Å²) in [6, 6.07) is 9.97. The molecule has 0 saturated heterocycles. The first-order valence-corrected chi connectivity index (χ1v) is 6.50. The molecule has 0 saturated carbocycles. The SMILES string of the molecule is COc1cc(CN(C)Cc2cccnc2)cc(OC)c1. The maximum Gasteiger partial charge on any atom is 0.122 e. The maximum atomic E-state index is 5.29. The molecule has 0 aliphatic heterocycles. The van der Waals surface area contributed by atoms with Gasteiger partial charge < -0.3 is 9.47 Å². The van der Waals surface area contributed by atoms with Crippen LogP contribution in [-0.2, 0) is 13.1 Å². The monoisotopic (exact) mass is 272 g/mol. The van der Waals surface area contributed by atoms with Crippen LogP contribution in [0.2, 0.25) is 0 Å². The van der Waals surface area contributed by atoms with Crippen molar-refractivity contribution in [2.75, 3.05) is 21.3 Å². The molecule has 0 amide bonds. The summed E-state index contributed by atoms with van der Waals surface area (Å²) in [5.74, 6) is 1.63. The second-order valence-electron chi connectivity index (χ2n) is 4.75. The lowest BCUT2D eigenvalue weighted by Gasteiger charge is -2.17. The van der Waals surface area contributed by atoms with Crippen LogP contribution in [0, 0.1) is 0 Å². The smallest absolute Gasteiger partial charge is 0.122 e. The Kier molecular flexibility index (Phi) is 4.96. The van der Waals surface area contributed by atoms with Crippen molar-refractivity contribution in [3.63, 3.8) is 0 Å². The summed E-state index contributed by atoms with van der Waals surface area (Å²) < 4.78 is 10.6. The van der Waals surface area contributed by atoms with Gasteiger partial charge >= 0.3 is 0 Å². The largest absolute Gasteiger partial charge is 0.497 e. The zero-order valence-corrected chi connectivity index (χ0v) is 12.2. The number of ether oxygens (including phenoxy) is 2. The first kappa shape index (κ1) is 14.3. The van der Waals surface area contributed by atoms with E-state index in [0.29, 0.717) is 0 Å². The average Bonchev–Trinajstić information content (AvgIpc) is 2.47. The molecule has 20 heavy (non-hydrogen) atoms. The van der Waals surface area contributed by atoms with Crippen LogP contribution in [0.25, 0.3) is 0 Å². The molecule has 0 bridgehead atoms. The second kappa shape index (κ2) is 6.91. The third kappa shape index (κ3) is 3.96. The third-order valence-electron chi connectivity index (χ3n) is 3.04. The normalized spacial score (nSPS) is 10.6. The fourth-order valence-corrected chi connectivity index (χ4v) is 2.13. The van der Waals surface area contributed by atoms with Gasteiger partial charge in [0.15, 0.2) is 0 Å². The highest BCUT2D eigenvalue weighted by Crippen LogP contribution is 2.23. The Bertz CT molecular complexity index is 521. The highest BCUT2D eigenvalue weighted by molar-refractivity contribution is 5.38. The van der Waals surface area contributed by atoms with E-state index >= 15 is 0 Å². The quantitative estimate of drug-likeness (QED) is 0.810. The molecule has 0 aliphatic carbocycles. The van der Waals surface area contributed by atoms with E-state index in [1.54, 1.807) is 20.4 Å². The van der Waals surface area contributed by atoms with Gasteiger partial charge in [-0.3, -0.25) is 9.88 Å². The molecule has 0 fully saturated rings. The van der Waals surface area contributed by atoms with Crippen LogP contribution in [0.5, 0.6) is 11.5 Å². The van der Waals surface area contributed by atoms with Gasteiger partial charge in [0, 0.05) is 31.5 Å². The van der Waals surface area contributed by atoms with Crippen molar-refractivity contribution in [3.05, 3.63) is 53.9 Å². The van der Waals surface area contributed by atoms with Crippen LogP contribution in [0.15, 0.2) is 42.7 Å². The van der Waals surface area contributed by atoms with E-state index in [0.717, 1.165) is 30.2 Å². The van der Waals surface area contributed by atoms with Crippen LogP contribution in [0.3, 0.4) is 0 Å². The molecule has 0 atom stereocenters. The molecule has 0 aliphatic rings. The zero-order chi connectivity index (χ0) is 14.4. The van der Waals surface area contributed by atoms with Gasteiger partial charge in [0.05, 0.1) is 14.2 Å². The van der Waals surface area contributed by atoms with E-state index in [2.05, 4.69) is 23.0 Å². The van der Waals surface area contributed by atoms with Crippen LogP contribution in [-0.4, -0.2) is 31.2 Å².